The standard InChI is InChI=1S/C10H15F2N5O/c11-7(12)8-15-9(13)17-10(16-8)14-5-6-3-1-2-4-18-6/h6-7H,1-5H2,(H3,13,14,15,16,17). The Morgan fingerprint density at radius 1 is 1.33 bits per heavy atom. The van der Waals surface area contributed by atoms with Crippen molar-refractivity contribution in [3.05, 3.63) is 5.82 Å². The van der Waals surface area contributed by atoms with Crippen molar-refractivity contribution in [3.8, 4) is 0 Å². The van der Waals surface area contributed by atoms with Gasteiger partial charge in [0, 0.05) is 13.2 Å². The first-order chi connectivity index (χ1) is 8.65. The van der Waals surface area contributed by atoms with Crippen LogP contribution in [0.4, 0.5) is 20.7 Å². The number of nitrogens with two attached hydrogens (primary N) is 1. The number of alkyl halides is 2. The molecule has 1 unspecified atom stereocenters. The summed E-state index contributed by atoms with van der Waals surface area (Å²) in [5.74, 6) is -0.770. The van der Waals surface area contributed by atoms with Crippen LogP contribution < -0.4 is 11.1 Å². The third-order valence-corrected chi connectivity index (χ3v) is 2.63. The first-order valence-electron chi connectivity index (χ1n) is 5.80. The van der Waals surface area contributed by atoms with Gasteiger partial charge in [-0.15, -0.1) is 0 Å². The van der Waals surface area contributed by atoms with Crippen molar-refractivity contribution >= 4 is 11.9 Å². The molecule has 0 saturated carbocycles. The van der Waals surface area contributed by atoms with Crippen molar-refractivity contribution in [1.82, 2.24) is 15.0 Å². The molecule has 1 aromatic rings. The van der Waals surface area contributed by atoms with Crippen molar-refractivity contribution in [2.24, 2.45) is 0 Å². The molecule has 1 atom stereocenters. The van der Waals surface area contributed by atoms with E-state index < -0.39 is 12.2 Å². The Hall–Kier alpha value is -1.57. The van der Waals surface area contributed by atoms with Gasteiger partial charge in [-0.05, 0) is 19.3 Å². The molecule has 0 bridgehead atoms. The van der Waals surface area contributed by atoms with Gasteiger partial charge in [0.2, 0.25) is 17.7 Å². The minimum absolute atomic E-state index is 0.0618. The third-order valence-electron chi connectivity index (χ3n) is 2.63. The van der Waals surface area contributed by atoms with Crippen molar-refractivity contribution in [1.29, 1.82) is 0 Å². The number of nitrogens with zero attached hydrogens (tertiary/aromatic N) is 3. The van der Waals surface area contributed by atoms with Crippen LogP contribution in [-0.4, -0.2) is 34.2 Å². The topological polar surface area (TPSA) is 86.0 Å². The molecule has 100 valence electrons. The number of ether oxygens (including phenoxy) is 1. The maximum atomic E-state index is 12.5. The summed E-state index contributed by atoms with van der Waals surface area (Å²) >= 11 is 0. The number of hydrogen-bond acceptors (Lipinski definition) is 6. The fraction of sp³-hybridized carbons (Fsp3) is 0.700. The number of rotatable bonds is 4. The van der Waals surface area contributed by atoms with Crippen LogP contribution in [0.2, 0.25) is 0 Å². The molecular formula is C10H15F2N5O. The number of halogens is 2. The fourth-order valence-corrected chi connectivity index (χ4v) is 1.76. The summed E-state index contributed by atoms with van der Waals surface area (Å²) in [6.45, 7) is 1.21. The molecule has 0 amide bonds. The van der Waals surface area contributed by atoms with Crippen molar-refractivity contribution in [2.75, 3.05) is 24.2 Å². The predicted octanol–water partition coefficient (Wildman–Crippen LogP) is 1.37. The molecule has 6 nitrogen and oxygen atoms in total. The second kappa shape index (κ2) is 5.85. The first-order valence-corrected chi connectivity index (χ1v) is 5.80. The van der Waals surface area contributed by atoms with Crippen LogP contribution in [-0.2, 0) is 4.74 Å². The maximum Gasteiger partial charge on any atom is 0.297 e. The van der Waals surface area contributed by atoms with Crippen LogP contribution in [0.15, 0.2) is 0 Å². The minimum Gasteiger partial charge on any atom is -0.376 e. The number of hydrogen-bond donors (Lipinski definition) is 2. The number of nitrogen functional groups attached to an aromatic ring is 1. The van der Waals surface area contributed by atoms with Crippen LogP contribution in [0, 0.1) is 0 Å². The minimum atomic E-state index is -2.76. The van der Waals surface area contributed by atoms with E-state index in [4.69, 9.17) is 10.5 Å². The van der Waals surface area contributed by atoms with Gasteiger partial charge in [0.25, 0.3) is 6.43 Å². The summed E-state index contributed by atoms with van der Waals surface area (Å²) in [7, 11) is 0. The molecule has 1 aliphatic rings. The van der Waals surface area contributed by atoms with E-state index in [1.54, 1.807) is 0 Å². The van der Waals surface area contributed by atoms with Crippen LogP contribution in [0.1, 0.15) is 31.5 Å². The molecular weight excluding hydrogens is 244 g/mol. The van der Waals surface area contributed by atoms with E-state index in [1.807, 2.05) is 0 Å². The summed E-state index contributed by atoms with van der Waals surface area (Å²) in [5, 5.41) is 2.85. The van der Waals surface area contributed by atoms with Gasteiger partial charge in [0.1, 0.15) is 0 Å². The van der Waals surface area contributed by atoms with Gasteiger partial charge in [0.15, 0.2) is 0 Å². The van der Waals surface area contributed by atoms with E-state index in [-0.39, 0.29) is 18.0 Å². The zero-order valence-corrected chi connectivity index (χ0v) is 9.77. The van der Waals surface area contributed by atoms with Gasteiger partial charge in [-0.3, -0.25) is 0 Å². The largest absolute Gasteiger partial charge is 0.376 e. The molecule has 0 spiro atoms. The Morgan fingerprint density at radius 2 is 2.17 bits per heavy atom. The van der Waals surface area contributed by atoms with Crippen molar-refractivity contribution in [2.45, 2.75) is 31.8 Å². The van der Waals surface area contributed by atoms with Gasteiger partial charge in [-0.25, -0.2) is 8.78 Å². The zero-order valence-electron chi connectivity index (χ0n) is 9.77. The quantitative estimate of drug-likeness (QED) is 0.849. The fourth-order valence-electron chi connectivity index (χ4n) is 1.76. The molecule has 18 heavy (non-hydrogen) atoms. The van der Waals surface area contributed by atoms with E-state index in [1.165, 1.54) is 0 Å². The Kier molecular flexibility index (Phi) is 4.19. The molecule has 1 fully saturated rings. The normalized spacial score (nSPS) is 20.1. The maximum absolute atomic E-state index is 12.5. The summed E-state index contributed by atoms with van der Waals surface area (Å²) < 4.78 is 30.4. The third kappa shape index (κ3) is 3.46. The molecule has 0 aromatic carbocycles. The lowest BCUT2D eigenvalue weighted by Gasteiger charge is -2.22. The Labute approximate surface area is 103 Å². The molecule has 1 aliphatic heterocycles. The number of anilines is 2. The van der Waals surface area contributed by atoms with Crippen LogP contribution in [0.5, 0.6) is 0 Å². The van der Waals surface area contributed by atoms with Gasteiger partial charge in [-0.1, -0.05) is 0 Å². The molecule has 0 radical (unpaired) electrons. The lowest BCUT2D eigenvalue weighted by atomic mass is 10.1. The van der Waals surface area contributed by atoms with Gasteiger partial charge < -0.3 is 15.8 Å². The number of nitrogens with one attached hydrogen (secondary N) is 1. The molecule has 1 saturated heterocycles. The Balaban J connectivity index is 1.95. The monoisotopic (exact) mass is 259 g/mol. The van der Waals surface area contributed by atoms with E-state index in [9.17, 15) is 8.78 Å². The van der Waals surface area contributed by atoms with Gasteiger partial charge >= 0.3 is 0 Å². The summed E-state index contributed by atoms with van der Waals surface area (Å²) in [6, 6.07) is 0. The smallest absolute Gasteiger partial charge is 0.297 e. The summed E-state index contributed by atoms with van der Waals surface area (Å²) in [6.07, 6.45) is 0.405. The predicted molar refractivity (Wildman–Crippen MR) is 61.3 cm³/mol. The van der Waals surface area contributed by atoms with Gasteiger partial charge in [0.05, 0.1) is 6.10 Å². The number of aromatic nitrogens is 3. The first kappa shape index (κ1) is 12.9. The lowest BCUT2D eigenvalue weighted by Crippen LogP contribution is -2.27. The second-order valence-corrected chi connectivity index (χ2v) is 4.05. The highest BCUT2D eigenvalue weighted by atomic mass is 19.3. The Bertz CT molecular complexity index is 398. The van der Waals surface area contributed by atoms with E-state index in [2.05, 4.69) is 20.3 Å². The molecule has 2 rings (SSSR count). The zero-order chi connectivity index (χ0) is 13.0. The molecule has 0 aliphatic carbocycles. The molecule has 3 N–H and O–H groups in total. The lowest BCUT2D eigenvalue weighted by molar-refractivity contribution is 0.0246. The molecule has 8 heteroatoms. The SMILES string of the molecule is Nc1nc(NCC2CCCCO2)nc(C(F)F)n1. The van der Waals surface area contributed by atoms with Gasteiger partial charge in [-0.2, -0.15) is 15.0 Å². The highest BCUT2D eigenvalue weighted by molar-refractivity contribution is 5.31. The molecule has 1 aromatic heterocycles. The Morgan fingerprint density at radius 3 is 2.83 bits per heavy atom. The summed E-state index contributed by atoms with van der Waals surface area (Å²) in [4.78, 5) is 10.7. The molecule has 2 heterocycles. The highest BCUT2D eigenvalue weighted by Crippen LogP contribution is 2.17. The second-order valence-electron chi connectivity index (χ2n) is 4.05. The van der Waals surface area contributed by atoms with Crippen LogP contribution >= 0.6 is 0 Å². The van der Waals surface area contributed by atoms with E-state index in [0.717, 1.165) is 25.9 Å². The average molecular weight is 259 g/mol. The van der Waals surface area contributed by atoms with E-state index >= 15 is 0 Å². The van der Waals surface area contributed by atoms with E-state index in [0.29, 0.717) is 6.54 Å². The van der Waals surface area contributed by atoms with Crippen LogP contribution in [0.3, 0.4) is 0 Å². The summed E-state index contributed by atoms with van der Waals surface area (Å²) in [5.41, 5.74) is 5.34. The van der Waals surface area contributed by atoms with Crippen molar-refractivity contribution < 1.29 is 13.5 Å². The average Bonchev–Trinajstić information content (AvgIpc) is 2.37. The highest BCUT2D eigenvalue weighted by Gasteiger charge is 2.16. The van der Waals surface area contributed by atoms with Crippen LogP contribution in [0.25, 0.3) is 0 Å². The van der Waals surface area contributed by atoms with Crippen molar-refractivity contribution in [3.63, 3.8) is 0 Å².